The molecule has 0 radical (unpaired) electrons. The van der Waals surface area contributed by atoms with Crippen LogP contribution in [0.2, 0.25) is 0 Å². The van der Waals surface area contributed by atoms with Gasteiger partial charge in [0.1, 0.15) is 11.2 Å². The van der Waals surface area contributed by atoms with E-state index in [-0.39, 0.29) is 5.60 Å². The first-order valence-electron chi connectivity index (χ1n) is 16.0. The van der Waals surface area contributed by atoms with Crippen LogP contribution in [0, 0.1) is 5.92 Å². The van der Waals surface area contributed by atoms with Gasteiger partial charge in [-0.3, -0.25) is 0 Å². The van der Waals surface area contributed by atoms with Crippen LogP contribution in [-0.4, -0.2) is 18.3 Å². The van der Waals surface area contributed by atoms with Crippen LogP contribution in [0.25, 0.3) is 65.4 Å². The van der Waals surface area contributed by atoms with Gasteiger partial charge in [0.05, 0.1) is 11.2 Å². The summed E-state index contributed by atoms with van der Waals surface area (Å²) >= 11 is 0. The summed E-state index contributed by atoms with van der Waals surface area (Å²) in [7, 11) is -0.439. The maximum absolute atomic E-state index is 6.99. The average molecular weight is 575 g/mol. The summed E-state index contributed by atoms with van der Waals surface area (Å²) in [5.74, 6) is 0.724. The van der Waals surface area contributed by atoms with E-state index in [2.05, 4.69) is 112 Å². The molecule has 2 heterocycles. The Kier molecular flexibility index (Phi) is 5.64. The summed E-state index contributed by atoms with van der Waals surface area (Å²) < 4.78 is 20.3. The van der Waals surface area contributed by atoms with Crippen LogP contribution in [-0.2, 0) is 9.31 Å². The normalized spacial score (nSPS) is 20.4. The standard InChI is InChI=1S/C40H35BO3/c1-39(2)40(3,24-25-11-8-12-25)44-41(43-39)35-19-10-17-32-29-14-5-4-13-28(29)30-22-21-26(23-34(30)37(32)35)27-16-9-18-33-31-15-6-7-20-36(31)42-38(27)33/h4-7,9-10,13-23,25H,8,11-12,24H2,1-3H3/t40-/m0/s1. The number of hydrogen-bond donors (Lipinski definition) is 0. The molecule has 0 spiro atoms. The molecule has 9 rings (SSSR count). The van der Waals surface area contributed by atoms with Crippen LogP contribution in [0.15, 0.2) is 108 Å². The summed E-state index contributed by atoms with van der Waals surface area (Å²) in [6.45, 7) is 6.67. The highest BCUT2D eigenvalue weighted by atomic mass is 16.7. The second kappa shape index (κ2) is 9.44. The van der Waals surface area contributed by atoms with Crippen molar-refractivity contribution in [2.24, 2.45) is 5.92 Å². The number of rotatable bonds is 4. The first-order valence-corrected chi connectivity index (χ1v) is 16.0. The third-order valence-electron chi connectivity index (χ3n) is 10.8. The van der Waals surface area contributed by atoms with Gasteiger partial charge >= 0.3 is 7.12 Å². The minimum Gasteiger partial charge on any atom is -0.455 e. The van der Waals surface area contributed by atoms with E-state index in [1.54, 1.807) is 0 Å². The molecule has 0 amide bonds. The van der Waals surface area contributed by atoms with Gasteiger partial charge < -0.3 is 13.7 Å². The van der Waals surface area contributed by atoms with Crippen molar-refractivity contribution in [1.82, 2.24) is 0 Å². The number of para-hydroxylation sites is 2. The van der Waals surface area contributed by atoms with Crippen molar-refractivity contribution in [2.75, 3.05) is 0 Å². The van der Waals surface area contributed by atoms with Crippen LogP contribution in [0.3, 0.4) is 0 Å². The molecule has 2 fully saturated rings. The first kappa shape index (κ1) is 26.3. The molecular formula is C40H35BO3. The average Bonchev–Trinajstić information content (AvgIpc) is 3.52. The summed E-state index contributed by atoms with van der Waals surface area (Å²) in [4.78, 5) is 0. The Morgan fingerprint density at radius 2 is 1.34 bits per heavy atom. The van der Waals surface area contributed by atoms with E-state index in [4.69, 9.17) is 13.7 Å². The SMILES string of the molecule is CC1(C)OB(c2cccc3c4ccccc4c4ccc(-c5cccc6c5oc5ccccc56)cc4c23)O[C@@]1(C)CC1CCC1. The Bertz CT molecular complexity index is 2260. The van der Waals surface area contributed by atoms with E-state index < -0.39 is 12.7 Å². The fourth-order valence-electron chi connectivity index (χ4n) is 7.84. The molecule has 1 saturated heterocycles. The molecule has 3 nitrogen and oxygen atoms in total. The molecule has 1 saturated carbocycles. The fourth-order valence-corrected chi connectivity index (χ4v) is 7.84. The Hall–Kier alpha value is -4.12. The molecule has 1 aliphatic heterocycles. The van der Waals surface area contributed by atoms with Crippen molar-refractivity contribution in [1.29, 1.82) is 0 Å². The van der Waals surface area contributed by atoms with Crippen molar-refractivity contribution in [3.8, 4) is 11.1 Å². The van der Waals surface area contributed by atoms with Crippen molar-refractivity contribution in [3.05, 3.63) is 103 Å². The van der Waals surface area contributed by atoms with E-state index in [1.807, 2.05) is 12.1 Å². The van der Waals surface area contributed by atoms with Gasteiger partial charge in [-0.2, -0.15) is 0 Å². The van der Waals surface area contributed by atoms with Crippen LogP contribution >= 0.6 is 0 Å². The Morgan fingerprint density at radius 3 is 2.14 bits per heavy atom. The zero-order chi connectivity index (χ0) is 29.6. The highest BCUT2D eigenvalue weighted by molar-refractivity contribution is 6.66. The third-order valence-corrected chi connectivity index (χ3v) is 10.8. The minimum absolute atomic E-state index is 0.348. The zero-order valence-corrected chi connectivity index (χ0v) is 25.5. The molecule has 0 unspecified atom stereocenters. The lowest BCUT2D eigenvalue weighted by Gasteiger charge is -2.41. The van der Waals surface area contributed by atoms with Crippen molar-refractivity contribution >= 4 is 66.8 Å². The molecule has 44 heavy (non-hydrogen) atoms. The summed E-state index contributed by atoms with van der Waals surface area (Å²) in [5, 5.41) is 9.65. The lowest BCUT2D eigenvalue weighted by atomic mass is 9.72. The quantitative estimate of drug-likeness (QED) is 0.155. The van der Waals surface area contributed by atoms with Crippen molar-refractivity contribution < 1.29 is 13.7 Å². The lowest BCUT2D eigenvalue weighted by molar-refractivity contribution is -0.0350. The number of benzene rings is 6. The van der Waals surface area contributed by atoms with Crippen molar-refractivity contribution in [2.45, 2.75) is 57.7 Å². The Morgan fingerprint density at radius 1 is 0.659 bits per heavy atom. The van der Waals surface area contributed by atoms with Crippen molar-refractivity contribution in [3.63, 3.8) is 0 Å². The molecule has 1 atom stereocenters. The van der Waals surface area contributed by atoms with Gasteiger partial charge in [0.2, 0.25) is 0 Å². The first-order chi connectivity index (χ1) is 21.4. The molecular weight excluding hydrogens is 539 g/mol. The van der Waals surface area contributed by atoms with E-state index in [9.17, 15) is 0 Å². The maximum atomic E-state index is 6.99. The molecule has 0 N–H and O–H groups in total. The third kappa shape index (κ3) is 3.77. The van der Waals surface area contributed by atoms with Crippen LogP contribution in [0.4, 0.5) is 0 Å². The van der Waals surface area contributed by atoms with E-state index in [0.29, 0.717) is 0 Å². The number of hydrogen-bond acceptors (Lipinski definition) is 3. The van der Waals surface area contributed by atoms with E-state index >= 15 is 0 Å². The van der Waals surface area contributed by atoms with Gasteiger partial charge in [-0.25, -0.2) is 0 Å². The number of furan rings is 1. The second-order valence-corrected chi connectivity index (χ2v) is 13.7. The Labute approximate surface area is 257 Å². The predicted octanol–water partition coefficient (Wildman–Crippen LogP) is 10.2. The maximum Gasteiger partial charge on any atom is 0.495 e. The van der Waals surface area contributed by atoms with Gasteiger partial charge in [-0.05, 0) is 88.6 Å². The largest absolute Gasteiger partial charge is 0.495 e. The van der Waals surface area contributed by atoms with Gasteiger partial charge in [0.15, 0.2) is 0 Å². The molecule has 1 aliphatic carbocycles. The fraction of sp³-hybridized carbons (Fsp3) is 0.250. The molecule has 0 bridgehead atoms. The molecule has 6 aromatic carbocycles. The molecule has 216 valence electrons. The number of fused-ring (bicyclic) bond motifs is 9. The molecule has 7 aromatic rings. The molecule has 4 heteroatoms. The van der Waals surface area contributed by atoms with Crippen LogP contribution < -0.4 is 5.46 Å². The molecule has 2 aliphatic rings. The van der Waals surface area contributed by atoms with Gasteiger partial charge in [0.25, 0.3) is 0 Å². The highest BCUT2D eigenvalue weighted by Gasteiger charge is 2.55. The second-order valence-electron chi connectivity index (χ2n) is 13.7. The van der Waals surface area contributed by atoms with E-state index in [0.717, 1.165) is 50.9 Å². The van der Waals surface area contributed by atoms with Crippen LogP contribution in [0.5, 0.6) is 0 Å². The van der Waals surface area contributed by atoms with Gasteiger partial charge in [-0.1, -0.05) is 110 Å². The predicted molar refractivity (Wildman–Crippen MR) is 184 cm³/mol. The lowest BCUT2D eigenvalue weighted by Crippen LogP contribution is -2.46. The summed E-state index contributed by atoms with van der Waals surface area (Å²) in [6.07, 6.45) is 4.96. The zero-order valence-electron chi connectivity index (χ0n) is 25.5. The highest BCUT2D eigenvalue weighted by Crippen LogP contribution is 2.46. The summed E-state index contributed by atoms with van der Waals surface area (Å²) in [5.41, 5.74) is 4.43. The Balaban J connectivity index is 1.29. The van der Waals surface area contributed by atoms with E-state index in [1.165, 1.54) is 51.6 Å². The monoisotopic (exact) mass is 574 g/mol. The van der Waals surface area contributed by atoms with Gasteiger partial charge in [0, 0.05) is 16.3 Å². The topological polar surface area (TPSA) is 31.6 Å². The smallest absolute Gasteiger partial charge is 0.455 e. The summed E-state index contributed by atoms with van der Waals surface area (Å²) in [6, 6.07) is 37.0. The van der Waals surface area contributed by atoms with Gasteiger partial charge in [-0.15, -0.1) is 0 Å². The van der Waals surface area contributed by atoms with Crippen LogP contribution in [0.1, 0.15) is 46.5 Å². The molecule has 1 aromatic heterocycles. The minimum atomic E-state index is -0.439.